The third-order valence-corrected chi connectivity index (χ3v) is 8.25. The van der Waals surface area contributed by atoms with Crippen molar-refractivity contribution in [1.29, 1.82) is 0 Å². The number of ketones is 1. The van der Waals surface area contributed by atoms with E-state index in [2.05, 4.69) is 25.7 Å². The summed E-state index contributed by atoms with van der Waals surface area (Å²) in [5.41, 5.74) is 2.41. The largest absolute Gasteiger partial charge is 0.468 e. The van der Waals surface area contributed by atoms with E-state index in [4.69, 9.17) is 4.74 Å². The quantitative estimate of drug-likeness (QED) is 0.259. The topological polar surface area (TPSA) is 83.8 Å². The molecule has 0 saturated heterocycles. The van der Waals surface area contributed by atoms with Gasteiger partial charge in [0.25, 0.3) is 0 Å². The first kappa shape index (κ1) is 25.6. The van der Waals surface area contributed by atoms with Gasteiger partial charge in [0.15, 0.2) is 5.78 Å². The fourth-order valence-corrected chi connectivity index (χ4v) is 6.24. The molecular formula is C28H40O5. The second-order valence-corrected chi connectivity index (χ2v) is 10.9. The van der Waals surface area contributed by atoms with Gasteiger partial charge in [-0.3, -0.25) is 9.59 Å². The van der Waals surface area contributed by atoms with E-state index in [0.29, 0.717) is 31.1 Å². The molecule has 0 aromatic heterocycles. The number of hydrogen-bond acceptors (Lipinski definition) is 5. The van der Waals surface area contributed by atoms with Crippen LogP contribution in [0, 0.1) is 22.7 Å². The number of esters is 1. The molecule has 0 heterocycles. The van der Waals surface area contributed by atoms with Crippen LogP contribution in [0.25, 0.3) is 0 Å². The number of carbonyl (C=O) groups is 2. The molecule has 0 aromatic carbocycles. The minimum absolute atomic E-state index is 0.0938. The van der Waals surface area contributed by atoms with E-state index in [9.17, 15) is 19.8 Å². The van der Waals surface area contributed by atoms with Gasteiger partial charge in [0.2, 0.25) is 0 Å². The summed E-state index contributed by atoms with van der Waals surface area (Å²) < 4.78 is 4.76. The van der Waals surface area contributed by atoms with Crippen molar-refractivity contribution in [3.05, 3.63) is 47.6 Å². The van der Waals surface area contributed by atoms with Crippen molar-refractivity contribution in [1.82, 2.24) is 0 Å². The minimum atomic E-state index is -1.21. The molecule has 3 aliphatic carbocycles. The van der Waals surface area contributed by atoms with Crippen molar-refractivity contribution in [3.63, 3.8) is 0 Å². The Kier molecular flexibility index (Phi) is 7.85. The molecule has 3 aliphatic rings. The summed E-state index contributed by atoms with van der Waals surface area (Å²) in [5, 5.41) is 19.9. The molecule has 3 fully saturated rings. The van der Waals surface area contributed by atoms with Crippen molar-refractivity contribution >= 4 is 11.8 Å². The molecule has 3 rings (SSSR count). The van der Waals surface area contributed by atoms with Gasteiger partial charge < -0.3 is 14.9 Å². The van der Waals surface area contributed by atoms with Gasteiger partial charge in [0.05, 0.1) is 19.3 Å². The average Bonchev–Trinajstić information content (AvgIpc) is 3.11. The van der Waals surface area contributed by atoms with Gasteiger partial charge >= 0.3 is 5.97 Å². The van der Waals surface area contributed by atoms with Crippen LogP contribution >= 0.6 is 0 Å². The molecule has 33 heavy (non-hydrogen) atoms. The zero-order valence-corrected chi connectivity index (χ0v) is 20.6. The van der Waals surface area contributed by atoms with Crippen molar-refractivity contribution in [2.75, 3.05) is 7.11 Å². The van der Waals surface area contributed by atoms with Crippen LogP contribution in [0.4, 0.5) is 0 Å². The number of allylic oxidation sites excluding steroid dienone is 6. The van der Waals surface area contributed by atoms with Crippen molar-refractivity contribution in [3.8, 4) is 0 Å². The van der Waals surface area contributed by atoms with Crippen LogP contribution in [0.1, 0.15) is 72.1 Å². The van der Waals surface area contributed by atoms with E-state index in [1.165, 1.54) is 18.8 Å². The molecule has 0 spiro atoms. The molecule has 5 heteroatoms. The molecule has 0 bridgehead atoms. The Hall–Kier alpha value is -1.98. The molecule has 182 valence electrons. The maximum Gasteiger partial charge on any atom is 0.319 e. The van der Waals surface area contributed by atoms with E-state index in [-0.39, 0.29) is 11.2 Å². The maximum absolute atomic E-state index is 12.6. The van der Waals surface area contributed by atoms with E-state index >= 15 is 0 Å². The standard InChI is InChI=1S/C28H40O5/c1-18(8-13-25(31)27(2,3)26(32)33-5)23-11-12-24-20(7-6-14-28(23,24)4)10-9-19-15-21(29)17-22(30)16-19/h8-10,13,21-24,29-30H,1,6-7,11-12,14-17H2,2-5H3/t21-,22-,23-,24+,28-/m1/s1. The summed E-state index contributed by atoms with van der Waals surface area (Å²) in [7, 11) is 1.29. The van der Waals surface area contributed by atoms with Crippen LogP contribution < -0.4 is 0 Å². The zero-order valence-electron chi connectivity index (χ0n) is 20.6. The number of fused-ring (bicyclic) bond motifs is 1. The van der Waals surface area contributed by atoms with Gasteiger partial charge in [-0.05, 0) is 88.5 Å². The fourth-order valence-electron chi connectivity index (χ4n) is 6.24. The Balaban J connectivity index is 1.73. The summed E-state index contributed by atoms with van der Waals surface area (Å²) >= 11 is 0. The molecule has 3 saturated carbocycles. The molecular weight excluding hydrogens is 416 g/mol. The molecule has 0 radical (unpaired) electrons. The molecule has 2 N–H and O–H groups in total. The highest BCUT2D eigenvalue weighted by Gasteiger charge is 2.49. The smallest absolute Gasteiger partial charge is 0.319 e. The Morgan fingerprint density at radius 3 is 2.42 bits per heavy atom. The molecule has 5 atom stereocenters. The summed E-state index contributed by atoms with van der Waals surface area (Å²) in [6.07, 6.45) is 14.0. The van der Waals surface area contributed by atoms with Gasteiger partial charge in [0, 0.05) is 0 Å². The van der Waals surface area contributed by atoms with Crippen molar-refractivity contribution < 1.29 is 24.5 Å². The Morgan fingerprint density at radius 2 is 1.79 bits per heavy atom. The maximum atomic E-state index is 12.6. The lowest BCUT2D eigenvalue weighted by Crippen LogP contribution is -2.34. The van der Waals surface area contributed by atoms with Gasteiger partial charge in [-0.15, -0.1) is 0 Å². The second kappa shape index (κ2) is 10.1. The van der Waals surface area contributed by atoms with Gasteiger partial charge in [-0.1, -0.05) is 48.5 Å². The highest BCUT2D eigenvalue weighted by Crippen LogP contribution is 2.59. The van der Waals surface area contributed by atoms with Crippen LogP contribution in [0.15, 0.2) is 47.6 Å². The predicted octanol–water partition coefficient (Wildman–Crippen LogP) is 4.84. The zero-order chi connectivity index (χ0) is 24.4. The van der Waals surface area contributed by atoms with Crippen LogP contribution in [0.2, 0.25) is 0 Å². The van der Waals surface area contributed by atoms with Crippen LogP contribution in [-0.4, -0.2) is 41.3 Å². The highest BCUT2D eigenvalue weighted by atomic mass is 16.5. The second-order valence-electron chi connectivity index (χ2n) is 10.9. The monoisotopic (exact) mass is 456 g/mol. The van der Waals surface area contributed by atoms with Crippen molar-refractivity contribution in [2.45, 2.75) is 84.3 Å². The first-order valence-electron chi connectivity index (χ1n) is 12.2. The van der Waals surface area contributed by atoms with Crippen LogP contribution in [0.3, 0.4) is 0 Å². The molecule has 0 unspecified atom stereocenters. The molecule has 0 amide bonds. The van der Waals surface area contributed by atoms with Gasteiger partial charge in [-0.2, -0.15) is 0 Å². The summed E-state index contributed by atoms with van der Waals surface area (Å²) in [6.45, 7) is 9.82. The molecule has 5 nitrogen and oxygen atoms in total. The minimum Gasteiger partial charge on any atom is -0.468 e. The van der Waals surface area contributed by atoms with Crippen LogP contribution in [0.5, 0.6) is 0 Å². The van der Waals surface area contributed by atoms with Crippen LogP contribution in [-0.2, 0) is 14.3 Å². The molecule has 0 aliphatic heterocycles. The number of aliphatic hydroxyl groups excluding tert-OH is 2. The lowest BCUT2D eigenvalue weighted by atomic mass is 9.62. The fraction of sp³-hybridized carbons (Fsp3) is 0.643. The Bertz CT molecular complexity index is 865. The number of carbonyl (C=O) groups excluding carboxylic acids is 2. The molecule has 0 aromatic rings. The Labute approximate surface area is 198 Å². The first-order chi connectivity index (χ1) is 15.5. The summed E-state index contributed by atoms with van der Waals surface area (Å²) in [4.78, 5) is 24.5. The SMILES string of the molecule is C=C(C=CC(=O)C(C)(C)C(=O)OC)[C@H]1CC[C@H]2C(=CC=C3C[C@@H](O)C[C@H](O)C3)CCC[C@]12C. The normalized spacial score (nSPS) is 33.8. The van der Waals surface area contributed by atoms with Gasteiger partial charge in [-0.25, -0.2) is 0 Å². The lowest BCUT2D eigenvalue weighted by Gasteiger charge is -2.42. The summed E-state index contributed by atoms with van der Waals surface area (Å²) in [5.74, 6) is -0.0471. The lowest BCUT2D eigenvalue weighted by molar-refractivity contribution is -0.154. The first-order valence-corrected chi connectivity index (χ1v) is 12.2. The predicted molar refractivity (Wildman–Crippen MR) is 129 cm³/mol. The number of methoxy groups -OCH3 is 1. The third kappa shape index (κ3) is 5.41. The number of aliphatic hydroxyl groups is 2. The highest BCUT2D eigenvalue weighted by molar-refractivity contribution is 6.08. The number of hydrogen-bond donors (Lipinski definition) is 2. The van der Waals surface area contributed by atoms with Gasteiger partial charge in [0.1, 0.15) is 5.41 Å². The Morgan fingerprint density at radius 1 is 1.12 bits per heavy atom. The average molecular weight is 457 g/mol. The third-order valence-electron chi connectivity index (χ3n) is 8.25. The van der Waals surface area contributed by atoms with E-state index in [0.717, 1.165) is 43.3 Å². The number of ether oxygens (including phenoxy) is 1. The van der Waals surface area contributed by atoms with E-state index < -0.39 is 23.6 Å². The number of rotatable bonds is 6. The van der Waals surface area contributed by atoms with E-state index in [1.54, 1.807) is 19.9 Å². The van der Waals surface area contributed by atoms with Crippen molar-refractivity contribution in [2.24, 2.45) is 22.7 Å². The van der Waals surface area contributed by atoms with E-state index in [1.807, 2.05) is 0 Å². The summed E-state index contributed by atoms with van der Waals surface area (Å²) in [6, 6.07) is 0.